The number of aromatic nitrogens is 1. The van der Waals surface area contributed by atoms with Crippen LogP contribution >= 0.6 is 11.3 Å². The van der Waals surface area contributed by atoms with E-state index in [1.807, 2.05) is 0 Å². The summed E-state index contributed by atoms with van der Waals surface area (Å²) in [7, 11) is 1.65. The summed E-state index contributed by atoms with van der Waals surface area (Å²) in [6.45, 7) is 8.18. The Morgan fingerprint density at radius 3 is 2.35 bits per heavy atom. The number of ether oxygens (including phenoxy) is 5. The third-order valence-corrected chi connectivity index (χ3v) is 9.67. The van der Waals surface area contributed by atoms with Gasteiger partial charge in [-0.3, -0.25) is 25.0 Å². The summed E-state index contributed by atoms with van der Waals surface area (Å²) in [6, 6.07) is 6.16. The number of carboxylic acid groups (broad SMARTS) is 1. The molecule has 3 fully saturated rings. The first-order valence-electron chi connectivity index (χ1n) is 17.0. The number of hydrogen-bond acceptors (Lipinski definition) is 13. The molecule has 1 aromatic carbocycles. The number of nitrogens with zero attached hydrogens (tertiary/aromatic N) is 2. The third-order valence-electron chi connectivity index (χ3n) is 8.81. The predicted octanol–water partition coefficient (Wildman–Crippen LogP) is 6.14. The van der Waals surface area contributed by atoms with Crippen molar-refractivity contribution in [3.63, 3.8) is 0 Å². The SMILES string of the molecule is CC(=O)Oc1ccccc1C(=O)Nc1ncc([N+](=O)[O-])s1.CO[C@@H]1[C@H](OC(=O)/C=C/C=C/C=C/C=C/C(=O)O)CC[C@]2(CO2)[C@H]1[C@@]1(C)O[C@@H]1CC=C(C)C. The summed E-state index contributed by atoms with van der Waals surface area (Å²) in [5, 5.41) is 21.4. The van der Waals surface area contributed by atoms with E-state index >= 15 is 0 Å². The zero-order chi connectivity index (χ0) is 39.5. The van der Waals surface area contributed by atoms with Gasteiger partial charge in [-0.15, -0.1) is 0 Å². The van der Waals surface area contributed by atoms with Crippen LogP contribution in [0, 0.1) is 16.0 Å². The van der Waals surface area contributed by atoms with Gasteiger partial charge in [-0.05, 0) is 63.5 Å². The molecule has 288 valence electrons. The lowest BCUT2D eigenvalue weighted by Gasteiger charge is -2.42. The molecule has 15 nitrogen and oxygen atoms in total. The van der Waals surface area contributed by atoms with E-state index in [1.54, 1.807) is 49.6 Å². The van der Waals surface area contributed by atoms with Crippen LogP contribution in [0.4, 0.5) is 10.1 Å². The van der Waals surface area contributed by atoms with Gasteiger partial charge in [0.2, 0.25) is 0 Å². The van der Waals surface area contributed by atoms with Crippen molar-refractivity contribution in [1.29, 1.82) is 0 Å². The molecule has 0 unspecified atom stereocenters. The molecule has 0 bridgehead atoms. The van der Waals surface area contributed by atoms with E-state index in [-0.39, 0.29) is 56.9 Å². The Morgan fingerprint density at radius 2 is 1.76 bits per heavy atom. The average Bonchev–Trinajstić information content (AvgIpc) is 3.97. The molecule has 6 atom stereocenters. The highest BCUT2D eigenvalue weighted by molar-refractivity contribution is 7.18. The summed E-state index contributed by atoms with van der Waals surface area (Å²) in [6.07, 6.45) is 17.0. The first-order chi connectivity index (χ1) is 25.7. The molecule has 3 heterocycles. The van der Waals surface area contributed by atoms with Crippen LogP contribution in [-0.4, -0.2) is 82.1 Å². The largest absolute Gasteiger partial charge is 0.478 e. The lowest BCUT2D eigenvalue weighted by Crippen LogP contribution is -2.55. The maximum absolute atomic E-state index is 12.4. The normalized spacial score (nSPS) is 25.6. The van der Waals surface area contributed by atoms with Gasteiger partial charge in [-0.2, -0.15) is 0 Å². The van der Waals surface area contributed by atoms with Gasteiger partial charge in [0.25, 0.3) is 5.91 Å². The molecule has 2 aliphatic heterocycles. The Bertz CT molecular complexity index is 1860. The number of carbonyl (C=O) groups is 4. The number of carboxylic acids is 1. The van der Waals surface area contributed by atoms with Gasteiger partial charge < -0.3 is 28.8 Å². The van der Waals surface area contributed by atoms with Crippen molar-refractivity contribution in [2.24, 2.45) is 5.92 Å². The molecule has 1 aliphatic carbocycles. The molecule has 2 N–H and O–H groups in total. The van der Waals surface area contributed by atoms with Gasteiger partial charge in [-0.1, -0.05) is 60.2 Å². The number of methoxy groups -OCH3 is 1. The maximum atomic E-state index is 12.4. The minimum absolute atomic E-state index is 0.00928. The van der Waals surface area contributed by atoms with Crippen LogP contribution in [-0.2, 0) is 33.3 Å². The second-order valence-corrected chi connectivity index (χ2v) is 14.0. The Morgan fingerprint density at radius 1 is 1.09 bits per heavy atom. The molecule has 2 saturated heterocycles. The number of carbonyl (C=O) groups excluding carboxylic acids is 3. The predicted molar refractivity (Wildman–Crippen MR) is 198 cm³/mol. The number of esters is 2. The highest BCUT2D eigenvalue weighted by Crippen LogP contribution is 2.59. The topological polar surface area (TPSA) is 209 Å². The molecule has 16 heteroatoms. The van der Waals surface area contributed by atoms with Crippen LogP contribution in [0.2, 0.25) is 0 Å². The second-order valence-electron chi connectivity index (χ2n) is 13.0. The third kappa shape index (κ3) is 11.4. The number of amides is 1. The van der Waals surface area contributed by atoms with Crippen molar-refractivity contribution < 1.29 is 52.9 Å². The standard InChI is InChI=1S/C26H34O7.C12H9N3O5S/c1-18(2)13-14-20-25(3,33-20)24-23(30-4)19(15-16-26(24)17-31-26)32-22(29)12-10-8-6-5-7-9-11-21(27)28;1-7(16)20-9-5-3-2-4-8(9)11(17)14-12-13-6-10(21-12)15(18)19/h5-13,19-20,23-24H,14-17H2,1-4H3,(H,27,28);2-6H,1H3,(H,13,14,17)/b7-5+,8-6+,11-9+,12-10+;/t19-,20-,23-,24-,25+,26+;/m1./s1. The van der Waals surface area contributed by atoms with Crippen molar-refractivity contribution in [3.8, 4) is 5.75 Å². The smallest absolute Gasteiger partial charge is 0.345 e. The average molecular weight is 766 g/mol. The zero-order valence-corrected chi connectivity index (χ0v) is 31.3. The molecular formula is C38H43N3O12S. The number of nitro groups is 1. The van der Waals surface area contributed by atoms with E-state index < -0.39 is 28.7 Å². The van der Waals surface area contributed by atoms with Crippen molar-refractivity contribution in [1.82, 2.24) is 4.98 Å². The van der Waals surface area contributed by atoms with Crippen LogP contribution in [0.1, 0.15) is 57.3 Å². The molecule has 5 rings (SSSR count). The van der Waals surface area contributed by atoms with Gasteiger partial charge >= 0.3 is 22.9 Å². The molecule has 3 aliphatic rings. The second kappa shape index (κ2) is 18.6. The maximum Gasteiger partial charge on any atom is 0.345 e. The van der Waals surface area contributed by atoms with E-state index in [9.17, 15) is 29.3 Å². The number of anilines is 1. The Hall–Kier alpha value is -5.29. The monoisotopic (exact) mass is 765 g/mol. The number of aliphatic carboxylic acids is 1. The first kappa shape index (κ1) is 41.5. The summed E-state index contributed by atoms with van der Waals surface area (Å²) in [5.74, 6) is -2.47. The lowest BCUT2D eigenvalue weighted by atomic mass is 9.68. The minimum Gasteiger partial charge on any atom is -0.478 e. The summed E-state index contributed by atoms with van der Waals surface area (Å²) in [4.78, 5) is 59.5. The molecule has 0 radical (unpaired) electrons. The van der Waals surface area contributed by atoms with E-state index in [4.69, 9.17) is 28.8 Å². The summed E-state index contributed by atoms with van der Waals surface area (Å²) >= 11 is 0.734. The Labute approximate surface area is 316 Å². The van der Waals surface area contributed by atoms with Crippen LogP contribution in [0.3, 0.4) is 0 Å². The number of thiazole rings is 1. The van der Waals surface area contributed by atoms with Gasteiger partial charge in [-0.25, -0.2) is 14.6 Å². The van der Waals surface area contributed by atoms with Crippen molar-refractivity contribution >= 4 is 45.3 Å². The fraction of sp³-hybridized carbons (Fsp3) is 0.395. The van der Waals surface area contributed by atoms with Crippen LogP contribution in [0.25, 0.3) is 0 Å². The number of benzene rings is 1. The van der Waals surface area contributed by atoms with E-state index in [0.29, 0.717) is 13.0 Å². The number of nitrogens with one attached hydrogen (secondary N) is 1. The first-order valence-corrected chi connectivity index (χ1v) is 17.8. The van der Waals surface area contributed by atoms with Crippen LogP contribution in [0.5, 0.6) is 5.75 Å². The number of epoxide rings is 2. The fourth-order valence-corrected chi connectivity index (χ4v) is 6.88. The van der Waals surface area contributed by atoms with Gasteiger partial charge in [0.05, 0.1) is 29.1 Å². The van der Waals surface area contributed by atoms with Gasteiger partial charge in [0.1, 0.15) is 35.4 Å². The van der Waals surface area contributed by atoms with Crippen molar-refractivity contribution in [3.05, 3.63) is 106 Å². The van der Waals surface area contributed by atoms with E-state index in [1.165, 1.54) is 36.8 Å². The highest BCUT2D eigenvalue weighted by Gasteiger charge is 2.72. The van der Waals surface area contributed by atoms with Crippen molar-refractivity contribution in [2.45, 2.75) is 76.5 Å². The number of allylic oxidation sites excluding steroid dienone is 7. The fourth-order valence-electron chi connectivity index (χ4n) is 6.26. The van der Waals surface area contributed by atoms with Crippen molar-refractivity contribution in [2.75, 3.05) is 19.0 Å². The molecule has 1 spiro atoms. The molecule has 1 amide bonds. The van der Waals surface area contributed by atoms with E-state index in [0.717, 1.165) is 36.5 Å². The molecule has 2 aromatic rings. The summed E-state index contributed by atoms with van der Waals surface area (Å²) < 4.78 is 28.7. The molecule has 54 heavy (non-hydrogen) atoms. The Balaban J connectivity index is 0.000000266. The van der Waals surface area contributed by atoms with Gasteiger partial charge in [0, 0.05) is 26.2 Å². The number of hydrogen-bond donors (Lipinski definition) is 2. The molecule has 1 saturated carbocycles. The van der Waals surface area contributed by atoms with Crippen LogP contribution < -0.4 is 10.1 Å². The highest BCUT2D eigenvalue weighted by atomic mass is 32.1. The number of rotatable bonds is 14. The Kier molecular flexibility index (Phi) is 14.3. The summed E-state index contributed by atoms with van der Waals surface area (Å²) in [5.41, 5.74) is 0.772. The zero-order valence-electron chi connectivity index (χ0n) is 30.5. The lowest BCUT2D eigenvalue weighted by molar-refractivity contribution is -0.380. The van der Waals surface area contributed by atoms with Crippen LogP contribution in [0.15, 0.2) is 90.7 Å². The minimum atomic E-state index is -1.00. The molecular weight excluding hydrogens is 722 g/mol. The van der Waals surface area contributed by atoms with E-state index in [2.05, 4.69) is 37.1 Å². The molecule has 1 aromatic heterocycles. The quantitative estimate of drug-likeness (QED) is 0.0324. The van der Waals surface area contributed by atoms with Gasteiger partial charge in [0.15, 0.2) is 5.13 Å². The number of para-hydroxylation sites is 1.